The third kappa shape index (κ3) is 6.05. The van der Waals surface area contributed by atoms with E-state index in [9.17, 15) is 13.8 Å². The molecule has 0 saturated heterocycles. The van der Waals surface area contributed by atoms with Crippen LogP contribution < -0.4 is 5.32 Å². The van der Waals surface area contributed by atoms with Crippen molar-refractivity contribution in [2.45, 2.75) is 12.2 Å². The minimum absolute atomic E-state index is 0.146. The summed E-state index contributed by atoms with van der Waals surface area (Å²) in [6, 6.07) is -0.477. The highest BCUT2D eigenvalue weighted by molar-refractivity contribution is 7.84. The Morgan fingerprint density at radius 1 is 1.53 bits per heavy atom. The predicted molar refractivity (Wildman–Crippen MR) is 57.2 cm³/mol. The first-order valence-corrected chi connectivity index (χ1v) is 5.99. The van der Waals surface area contributed by atoms with Crippen LogP contribution in [-0.2, 0) is 15.6 Å². The molecule has 0 fully saturated rings. The fourth-order valence-electron chi connectivity index (χ4n) is 0.758. The normalized spacial score (nSPS) is 14.1. The number of carboxylic acids is 1. The molecule has 0 radical (unpaired) electrons. The second kappa shape index (κ2) is 6.39. The second-order valence-electron chi connectivity index (χ2n) is 3.25. The van der Waals surface area contributed by atoms with Crippen LogP contribution in [-0.4, -0.2) is 57.9 Å². The van der Waals surface area contributed by atoms with E-state index in [1.807, 2.05) is 0 Å². The lowest BCUT2D eigenvalue weighted by Gasteiger charge is -2.17. The topological polar surface area (TPSA) is 86.7 Å². The SMILES string of the molecule is CC(CNC(=O)N(C)CC(=O)O)S(C)=O. The van der Waals surface area contributed by atoms with Gasteiger partial charge in [-0.15, -0.1) is 0 Å². The fraction of sp³-hybridized carbons (Fsp3) is 0.750. The molecule has 7 heteroatoms. The third-order valence-corrected chi connectivity index (χ3v) is 3.13. The summed E-state index contributed by atoms with van der Waals surface area (Å²) >= 11 is 0. The monoisotopic (exact) mass is 236 g/mol. The van der Waals surface area contributed by atoms with E-state index in [1.54, 1.807) is 13.2 Å². The van der Waals surface area contributed by atoms with Gasteiger partial charge in [0, 0.05) is 35.9 Å². The van der Waals surface area contributed by atoms with E-state index >= 15 is 0 Å². The van der Waals surface area contributed by atoms with Crippen LogP contribution in [0.1, 0.15) is 6.92 Å². The number of carboxylic acid groups (broad SMARTS) is 1. The van der Waals surface area contributed by atoms with Crippen molar-refractivity contribution in [3.8, 4) is 0 Å². The molecule has 0 spiro atoms. The van der Waals surface area contributed by atoms with Gasteiger partial charge in [-0.3, -0.25) is 9.00 Å². The molecule has 0 saturated carbocycles. The van der Waals surface area contributed by atoms with Gasteiger partial charge in [0.1, 0.15) is 6.54 Å². The number of aliphatic carboxylic acids is 1. The van der Waals surface area contributed by atoms with Crippen LogP contribution in [0.15, 0.2) is 0 Å². The van der Waals surface area contributed by atoms with Crippen molar-refractivity contribution in [1.82, 2.24) is 10.2 Å². The number of hydrogen-bond donors (Lipinski definition) is 2. The van der Waals surface area contributed by atoms with Crippen molar-refractivity contribution in [2.24, 2.45) is 0 Å². The van der Waals surface area contributed by atoms with Gasteiger partial charge in [0.05, 0.1) is 0 Å². The number of rotatable bonds is 5. The van der Waals surface area contributed by atoms with Crippen molar-refractivity contribution in [2.75, 3.05) is 26.4 Å². The molecule has 2 amide bonds. The number of carbonyl (C=O) groups is 2. The standard InChI is InChI=1S/C8H16N2O4S/c1-6(15(3)14)4-9-8(13)10(2)5-7(11)12/h6H,4-5H2,1-3H3,(H,9,13)(H,11,12). The highest BCUT2D eigenvalue weighted by Gasteiger charge is 2.13. The molecule has 0 aliphatic heterocycles. The van der Waals surface area contributed by atoms with Crippen LogP contribution in [0.4, 0.5) is 4.79 Å². The molecule has 0 aliphatic rings. The zero-order chi connectivity index (χ0) is 12.0. The molecule has 6 nitrogen and oxygen atoms in total. The average Bonchev–Trinajstić information content (AvgIpc) is 2.12. The number of urea groups is 1. The Labute approximate surface area is 91.1 Å². The quantitative estimate of drug-likeness (QED) is 0.672. The van der Waals surface area contributed by atoms with E-state index in [0.29, 0.717) is 0 Å². The van der Waals surface area contributed by atoms with E-state index in [4.69, 9.17) is 5.11 Å². The van der Waals surface area contributed by atoms with Gasteiger partial charge in [-0.1, -0.05) is 0 Å². The molecule has 2 atom stereocenters. The molecule has 0 aliphatic carbocycles. The number of amides is 2. The highest BCUT2D eigenvalue weighted by Crippen LogP contribution is 1.91. The van der Waals surface area contributed by atoms with Gasteiger partial charge in [0.2, 0.25) is 0 Å². The van der Waals surface area contributed by atoms with Gasteiger partial charge in [-0.25, -0.2) is 4.79 Å². The van der Waals surface area contributed by atoms with Crippen LogP contribution in [0.5, 0.6) is 0 Å². The predicted octanol–water partition coefficient (Wildman–Crippen LogP) is -0.521. The molecule has 0 heterocycles. The summed E-state index contributed by atoms with van der Waals surface area (Å²) in [7, 11) is 0.386. The molecule has 0 aromatic heterocycles. The van der Waals surface area contributed by atoms with Gasteiger partial charge in [0.25, 0.3) is 0 Å². The van der Waals surface area contributed by atoms with E-state index < -0.39 is 22.8 Å². The van der Waals surface area contributed by atoms with Crippen molar-refractivity contribution in [3.63, 3.8) is 0 Å². The molecule has 0 rings (SSSR count). The Morgan fingerprint density at radius 2 is 2.07 bits per heavy atom. The maximum Gasteiger partial charge on any atom is 0.323 e. The first-order valence-electron chi connectivity index (χ1n) is 4.37. The first kappa shape index (κ1) is 13.9. The number of likely N-dealkylation sites (N-methyl/N-ethyl adjacent to an activating group) is 1. The van der Waals surface area contributed by atoms with Gasteiger partial charge >= 0.3 is 12.0 Å². The first-order chi connectivity index (χ1) is 6.84. The minimum atomic E-state index is -1.07. The molecule has 88 valence electrons. The highest BCUT2D eigenvalue weighted by atomic mass is 32.2. The van der Waals surface area contributed by atoms with Crippen LogP contribution in [0.25, 0.3) is 0 Å². The van der Waals surface area contributed by atoms with Crippen LogP contribution in [0.2, 0.25) is 0 Å². The minimum Gasteiger partial charge on any atom is -0.480 e. The smallest absolute Gasteiger partial charge is 0.323 e. The molecule has 0 aromatic rings. The van der Waals surface area contributed by atoms with Gasteiger partial charge in [-0.05, 0) is 6.92 Å². The molecule has 15 heavy (non-hydrogen) atoms. The summed E-state index contributed by atoms with van der Waals surface area (Å²) in [4.78, 5) is 22.6. The molecule has 2 unspecified atom stereocenters. The summed E-state index contributed by atoms with van der Waals surface area (Å²) in [6.45, 7) is 1.66. The van der Waals surface area contributed by atoms with E-state index in [0.717, 1.165) is 4.90 Å². The average molecular weight is 236 g/mol. The largest absolute Gasteiger partial charge is 0.480 e. The molecule has 2 N–H and O–H groups in total. The molecular formula is C8H16N2O4S. The zero-order valence-electron chi connectivity index (χ0n) is 9.02. The second-order valence-corrected chi connectivity index (χ2v) is 5.05. The van der Waals surface area contributed by atoms with E-state index in [-0.39, 0.29) is 18.3 Å². The van der Waals surface area contributed by atoms with Crippen LogP contribution >= 0.6 is 0 Å². The summed E-state index contributed by atoms with van der Waals surface area (Å²) < 4.78 is 11.0. The Bertz CT molecular complexity index is 269. The van der Waals surface area contributed by atoms with Crippen LogP contribution in [0.3, 0.4) is 0 Å². The Hall–Kier alpha value is -1.11. The summed E-state index contributed by atoms with van der Waals surface area (Å²) in [5, 5.41) is 10.8. The Balaban J connectivity index is 3.93. The maximum absolute atomic E-state index is 11.3. The number of carbonyl (C=O) groups excluding carboxylic acids is 1. The van der Waals surface area contributed by atoms with Crippen molar-refractivity contribution >= 4 is 22.8 Å². The number of nitrogens with one attached hydrogen (secondary N) is 1. The van der Waals surface area contributed by atoms with Crippen molar-refractivity contribution < 1.29 is 18.9 Å². The van der Waals surface area contributed by atoms with E-state index in [2.05, 4.69) is 5.32 Å². The summed E-state index contributed by atoms with van der Waals surface area (Å²) in [6.07, 6.45) is 1.55. The van der Waals surface area contributed by atoms with Crippen LogP contribution in [0, 0.1) is 0 Å². The van der Waals surface area contributed by atoms with Gasteiger partial charge in [-0.2, -0.15) is 0 Å². The molecule has 0 bridgehead atoms. The molecular weight excluding hydrogens is 220 g/mol. The van der Waals surface area contributed by atoms with Crippen molar-refractivity contribution in [3.05, 3.63) is 0 Å². The Kier molecular flexibility index (Phi) is 5.92. The van der Waals surface area contributed by atoms with E-state index in [1.165, 1.54) is 7.05 Å². The third-order valence-electron chi connectivity index (χ3n) is 1.83. The van der Waals surface area contributed by atoms with Gasteiger partial charge in [0.15, 0.2) is 0 Å². The zero-order valence-corrected chi connectivity index (χ0v) is 9.84. The Morgan fingerprint density at radius 3 is 2.47 bits per heavy atom. The fourth-order valence-corrected chi connectivity index (χ4v) is 1.08. The lowest BCUT2D eigenvalue weighted by molar-refractivity contribution is -0.137. The van der Waals surface area contributed by atoms with Crippen molar-refractivity contribution in [1.29, 1.82) is 0 Å². The summed E-state index contributed by atoms with van der Waals surface area (Å²) in [5.41, 5.74) is 0. The van der Waals surface area contributed by atoms with Gasteiger partial charge < -0.3 is 15.3 Å². The maximum atomic E-state index is 11.3. The lowest BCUT2D eigenvalue weighted by atomic mass is 10.5. The number of nitrogens with zero attached hydrogens (tertiary/aromatic N) is 1. The molecule has 0 aromatic carbocycles. The summed E-state index contributed by atoms with van der Waals surface area (Å²) in [5.74, 6) is -1.07. The number of hydrogen-bond acceptors (Lipinski definition) is 3. The lowest BCUT2D eigenvalue weighted by Crippen LogP contribution is -2.43.